The highest BCUT2D eigenvalue weighted by Gasteiger charge is 2.24. The first-order valence-corrected chi connectivity index (χ1v) is 7.63. The third-order valence-corrected chi connectivity index (χ3v) is 4.43. The zero-order valence-electron chi connectivity index (χ0n) is 10.6. The van der Waals surface area contributed by atoms with Gasteiger partial charge in [-0.3, -0.25) is 0 Å². The molecule has 2 heterocycles. The second-order valence-corrected chi connectivity index (χ2v) is 6.23. The third-order valence-electron chi connectivity index (χ3n) is 2.79. The molecule has 0 spiro atoms. The molecule has 1 aromatic carbocycles. The molecule has 0 atom stereocenters. The lowest BCUT2D eigenvalue weighted by Gasteiger charge is -1.99. The summed E-state index contributed by atoms with van der Waals surface area (Å²) >= 11 is 4.92. The van der Waals surface area contributed by atoms with Gasteiger partial charge in [0.2, 0.25) is 5.90 Å². The van der Waals surface area contributed by atoms with E-state index in [2.05, 4.69) is 20.9 Å². The van der Waals surface area contributed by atoms with Crippen LogP contribution in [0.1, 0.15) is 16.0 Å². The van der Waals surface area contributed by atoms with E-state index in [-0.39, 0.29) is 0 Å². The summed E-state index contributed by atoms with van der Waals surface area (Å²) < 4.78 is 6.20. The predicted octanol–water partition coefficient (Wildman–Crippen LogP) is 4.16. The summed E-state index contributed by atoms with van der Waals surface area (Å²) in [6, 6.07) is 9.65. The zero-order valence-corrected chi connectivity index (χ0v) is 13.0. The van der Waals surface area contributed by atoms with E-state index in [9.17, 15) is 4.79 Å². The molecule has 3 rings (SSSR count). The lowest BCUT2D eigenvalue weighted by molar-refractivity contribution is -0.129. The van der Waals surface area contributed by atoms with E-state index < -0.39 is 5.97 Å². The first kappa shape index (κ1) is 13.3. The summed E-state index contributed by atoms with van der Waals surface area (Å²) in [4.78, 5) is 17.1. The lowest BCUT2D eigenvalue weighted by atomic mass is 10.1. The van der Waals surface area contributed by atoms with E-state index in [0.717, 1.165) is 20.5 Å². The third kappa shape index (κ3) is 2.73. The highest BCUT2D eigenvalue weighted by molar-refractivity contribution is 9.10. The second-order valence-electron chi connectivity index (χ2n) is 4.37. The van der Waals surface area contributed by atoms with Crippen LogP contribution in [0, 0.1) is 6.92 Å². The molecule has 0 saturated heterocycles. The fourth-order valence-corrected chi connectivity index (χ4v) is 3.14. The quantitative estimate of drug-likeness (QED) is 0.604. The van der Waals surface area contributed by atoms with Gasteiger partial charge < -0.3 is 4.74 Å². The Bertz CT molecular complexity index is 729. The van der Waals surface area contributed by atoms with E-state index in [1.165, 1.54) is 11.3 Å². The smallest absolute Gasteiger partial charge is 0.363 e. The van der Waals surface area contributed by atoms with Crippen molar-refractivity contribution in [2.45, 2.75) is 6.92 Å². The van der Waals surface area contributed by atoms with E-state index in [0.29, 0.717) is 11.6 Å². The van der Waals surface area contributed by atoms with Gasteiger partial charge in [-0.1, -0.05) is 17.7 Å². The largest absolute Gasteiger partial charge is 0.402 e. The number of cyclic esters (lactones) is 1. The van der Waals surface area contributed by atoms with Crippen molar-refractivity contribution in [1.82, 2.24) is 0 Å². The van der Waals surface area contributed by atoms with Gasteiger partial charge in [-0.15, -0.1) is 11.3 Å². The molecule has 3 nitrogen and oxygen atoms in total. The maximum atomic E-state index is 11.8. The second kappa shape index (κ2) is 5.34. The number of hydrogen-bond donors (Lipinski definition) is 0. The Labute approximate surface area is 128 Å². The minimum atomic E-state index is -0.412. The van der Waals surface area contributed by atoms with Gasteiger partial charge in [0.05, 0.1) is 0 Å². The molecule has 1 aliphatic rings. The normalized spacial score (nSPS) is 16.4. The summed E-state index contributed by atoms with van der Waals surface area (Å²) in [5, 5.41) is 1.96. The summed E-state index contributed by atoms with van der Waals surface area (Å²) in [7, 11) is 0. The Kier molecular flexibility index (Phi) is 3.54. The SMILES string of the molecule is Cc1ccc(C2=N/C(=C\c3cc(Br)cs3)C(=O)O2)cc1. The van der Waals surface area contributed by atoms with Crippen LogP contribution in [0.2, 0.25) is 0 Å². The van der Waals surface area contributed by atoms with Gasteiger partial charge in [0.25, 0.3) is 0 Å². The minimum absolute atomic E-state index is 0.329. The number of ether oxygens (including phenoxy) is 1. The number of rotatable bonds is 2. The molecule has 0 amide bonds. The standard InChI is InChI=1S/C15H10BrNO2S/c1-9-2-4-10(5-3-9)14-17-13(15(18)19-14)7-12-6-11(16)8-20-12/h2-8H,1H3/b13-7-. The molecule has 0 fully saturated rings. The molecule has 1 aromatic heterocycles. The molecule has 0 bridgehead atoms. The summed E-state index contributed by atoms with van der Waals surface area (Å²) in [6.07, 6.45) is 1.74. The maximum Gasteiger partial charge on any atom is 0.363 e. The number of carbonyl (C=O) groups excluding carboxylic acids is 1. The van der Waals surface area contributed by atoms with Crippen LogP contribution in [0.25, 0.3) is 6.08 Å². The topological polar surface area (TPSA) is 38.7 Å². The van der Waals surface area contributed by atoms with Gasteiger partial charge in [0.15, 0.2) is 5.70 Å². The summed E-state index contributed by atoms with van der Waals surface area (Å²) in [5.41, 5.74) is 2.28. The van der Waals surface area contributed by atoms with Crippen LogP contribution < -0.4 is 0 Å². The number of aryl methyl sites for hydroxylation is 1. The molecule has 0 N–H and O–H groups in total. The number of benzene rings is 1. The Hall–Kier alpha value is -1.72. The van der Waals surface area contributed by atoms with Crippen LogP contribution in [0.5, 0.6) is 0 Å². The van der Waals surface area contributed by atoms with Crippen LogP contribution in [-0.4, -0.2) is 11.9 Å². The molecule has 0 saturated carbocycles. The Morgan fingerprint density at radius 1 is 1.30 bits per heavy atom. The molecular formula is C15H10BrNO2S. The molecule has 0 radical (unpaired) electrons. The maximum absolute atomic E-state index is 11.8. The van der Waals surface area contributed by atoms with Crippen molar-refractivity contribution in [1.29, 1.82) is 0 Å². The highest BCUT2D eigenvalue weighted by Crippen LogP contribution is 2.25. The average Bonchev–Trinajstić information content (AvgIpc) is 2.98. The van der Waals surface area contributed by atoms with Crippen molar-refractivity contribution >= 4 is 45.2 Å². The van der Waals surface area contributed by atoms with Crippen LogP contribution in [0.15, 0.2) is 50.9 Å². The predicted molar refractivity (Wildman–Crippen MR) is 83.8 cm³/mol. The first-order chi connectivity index (χ1) is 9.61. The van der Waals surface area contributed by atoms with Crippen LogP contribution >= 0.6 is 27.3 Å². The molecular weight excluding hydrogens is 338 g/mol. The molecule has 5 heteroatoms. The average molecular weight is 348 g/mol. The minimum Gasteiger partial charge on any atom is -0.402 e. The Morgan fingerprint density at radius 2 is 2.05 bits per heavy atom. The van der Waals surface area contributed by atoms with Gasteiger partial charge in [-0.25, -0.2) is 9.79 Å². The van der Waals surface area contributed by atoms with Crippen molar-refractivity contribution in [3.05, 3.63) is 61.9 Å². The number of carbonyl (C=O) groups is 1. The number of thiophene rings is 1. The molecule has 20 heavy (non-hydrogen) atoms. The summed E-state index contributed by atoms with van der Waals surface area (Å²) in [5.74, 6) is -0.0537. The molecule has 100 valence electrons. The van der Waals surface area contributed by atoms with Gasteiger partial charge in [0, 0.05) is 20.3 Å². The summed E-state index contributed by atoms with van der Waals surface area (Å²) in [6.45, 7) is 2.01. The monoisotopic (exact) mass is 347 g/mol. The first-order valence-electron chi connectivity index (χ1n) is 5.95. The fourth-order valence-electron chi connectivity index (χ4n) is 1.77. The Balaban J connectivity index is 1.92. The van der Waals surface area contributed by atoms with Crippen LogP contribution in [-0.2, 0) is 9.53 Å². The van der Waals surface area contributed by atoms with Crippen molar-refractivity contribution in [3.63, 3.8) is 0 Å². The lowest BCUT2D eigenvalue weighted by Crippen LogP contribution is -2.05. The van der Waals surface area contributed by atoms with E-state index in [4.69, 9.17) is 4.74 Å². The number of hydrogen-bond acceptors (Lipinski definition) is 4. The molecule has 0 unspecified atom stereocenters. The van der Waals surface area contributed by atoms with Crippen molar-refractivity contribution in [3.8, 4) is 0 Å². The molecule has 0 aliphatic carbocycles. The van der Waals surface area contributed by atoms with Crippen LogP contribution in [0.4, 0.5) is 0 Å². The number of aliphatic imine (C=N–C) groups is 1. The molecule has 1 aliphatic heterocycles. The fraction of sp³-hybridized carbons (Fsp3) is 0.0667. The van der Waals surface area contributed by atoms with Gasteiger partial charge in [-0.2, -0.15) is 0 Å². The van der Waals surface area contributed by atoms with Gasteiger partial charge in [0.1, 0.15) is 0 Å². The Morgan fingerprint density at radius 3 is 2.70 bits per heavy atom. The highest BCUT2D eigenvalue weighted by atomic mass is 79.9. The molecule has 2 aromatic rings. The number of nitrogens with zero attached hydrogens (tertiary/aromatic N) is 1. The van der Waals surface area contributed by atoms with Crippen molar-refractivity contribution in [2.75, 3.05) is 0 Å². The van der Waals surface area contributed by atoms with Crippen molar-refractivity contribution < 1.29 is 9.53 Å². The van der Waals surface area contributed by atoms with E-state index in [1.54, 1.807) is 6.08 Å². The van der Waals surface area contributed by atoms with E-state index in [1.807, 2.05) is 42.6 Å². The number of esters is 1. The zero-order chi connectivity index (χ0) is 14.1. The van der Waals surface area contributed by atoms with Crippen LogP contribution in [0.3, 0.4) is 0 Å². The van der Waals surface area contributed by atoms with Crippen molar-refractivity contribution in [2.24, 2.45) is 4.99 Å². The van der Waals surface area contributed by atoms with Gasteiger partial charge >= 0.3 is 5.97 Å². The number of halogens is 1. The van der Waals surface area contributed by atoms with Gasteiger partial charge in [-0.05, 0) is 47.1 Å². The van der Waals surface area contributed by atoms with E-state index >= 15 is 0 Å².